The summed E-state index contributed by atoms with van der Waals surface area (Å²) in [5, 5.41) is 4.28. The summed E-state index contributed by atoms with van der Waals surface area (Å²) in [6.07, 6.45) is 3.16. The van der Waals surface area contributed by atoms with Gasteiger partial charge in [0.15, 0.2) is 0 Å². The molecule has 2 aromatic rings. The Morgan fingerprint density at radius 3 is 2.67 bits per heavy atom. The molecule has 3 heterocycles. The average Bonchev–Trinajstić information content (AvgIpc) is 3.27. The van der Waals surface area contributed by atoms with Crippen LogP contribution in [0.1, 0.15) is 22.5 Å². The number of rotatable bonds is 5. The van der Waals surface area contributed by atoms with E-state index in [0.29, 0.717) is 24.7 Å². The number of thiophene rings is 1. The molecule has 1 saturated heterocycles. The summed E-state index contributed by atoms with van der Waals surface area (Å²) in [4.78, 5) is 16.7. The zero-order chi connectivity index (χ0) is 17.2. The van der Waals surface area contributed by atoms with Crippen molar-refractivity contribution in [2.24, 2.45) is 0 Å². The number of amides is 1. The van der Waals surface area contributed by atoms with Crippen LogP contribution in [-0.2, 0) is 10.0 Å². The molecule has 7 nitrogen and oxygen atoms in total. The Balaban J connectivity index is 1.82. The van der Waals surface area contributed by atoms with Crippen molar-refractivity contribution in [1.82, 2.24) is 9.29 Å². The van der Waals surface area contributed by atoms with Crippen LogP contribution < -0.4 is 10.1 Å². The number of hydrogen-bond acceptors (Lipinski definition) is 6. The third kappa shape index (κ3) is 3.28. The number of methoxy groups -OCH3 is 1. The van der Waals surface area contributed by atoms with E-state index in [2.05, 4.69) is 10.3 Å². The van der Waals surface area contributed by atoms with Crippen LogP contribution in [0.25, 0.3) is 0 Å². The van der Waals surface area contributed by atoms with Crippen molar-refractivity contribution in [3.8, 4) is 5.88 Å². The zero-order valence-corrected chi connectivity index (χ0v) is 14.7. The van der Waals surface area contributed by atoms with Crippen LogP contribution in [0.2, 0.25) is 0 Å². The number of pyridine rings is 1. The van der Waals surface area contributed by atoms with Crippen molar-refractivity contribution in [2.45, 2.75) is 17.7 Å². The van der Waals surface area contributed by atoms with Gasteiger partial charge in [0.2, 0.25) is 15.9 Å². The molecule has 2 aromatic heterocycles. The lowest BCUT2D eigenvalue weighted by atomic mass is 10.4. The predicted octanol–water partition coefficient (Wildman–Crippen LogP) is 2.19. The van der Waals surface area contributed by atoms with Gasteiger partial charge < -0.3 is 10.1 Å². The Labute approximate surface area is 144 Å². The summed E-state index contributed by atoms with van der Waals surface area (Å²) in [7, 11) is -2.12. The molecular formula is C15H17N3O4S2. The van der Waals surface area contributed by atoms with Crippen molar-refractivity contribution < 1.29 is 17.9 Å². The van der Waals surface area contributed by atoms with E-state index >= 15 is 0 Å². The van der Waals surface area contributed by atoms with Crippen LogP contribution in [0.3, 0.4) is 0 Å². The third-order valence-corrected chi connectivity index (χ3v) is 6.70. The summed E-state index contributed by atoms with van der Waals surface area (Å²) < 4.78 is 31.8. The number of nitrogens with one attached hydrogen (secondary N) is 1. The molecule has 1 amide bonds. The molecule has 0 bridgehead atoms. The number of hydrogen-bond donors (Lipinski definition) is 1. The van der Waals surface area contributed by atoms with Crippen molar-refractivity contribution in [1.29, 1.82) is 0 Å². The monoisotopic (exact) mass is 367 g/mol. The van der Waals surface area contributed by atoms with Gasteiger partial charge in [-0.25, -0.2) is 13.4 Å². The van der Waals surface area contributed by atoms with Crippen LogP contribution in [0.4, 0.5) is 5.69 Å². The fraction of sp³-hybridized carbons (Fsp3) is 0.333. The van der Waals surface area contributed by atoms with Crippen molar-refractivity contribution in [3.63, 3.8) is 0 Å². The quantitative estimate of drug-likeness (QED) is 0.875. The van der Waals surface area contributed by atoms with E-state index in [1.165, 1.54) is 23.7 Å². The second kappa shape index (κ2) is 6.88. The topological polar surface area (TPSA) is 88.6 Å². The van der Waals surface area contributed by atoms with Gasteiger partial charge in [0.25, 0.3) is 5.91 Å². The molecule has 3 rings (SSSR count). The van der Waals surface area contributed by atoms with Gasteiger partial charge in [-0.05, 0) is 30.4 Å². The first-order valence-electron chi connectivity index (χ1n) is 7.41. The van der Waals surface area contributed by atoms with Crippen molar-refractivity contribution >= 4 is 33.0 Å². The SMILES string of the molecule is COc1ccc(NC(=O)c2sccc2S(=O)(=O)N2CCCC2)cn1. The first-order chi connectivity index (χ1) is 11.5. The predicted molar refractivity (Wildman–Crippen MR) is 91.1 cm³/mol. The van der Waals surface area contributed by atoms with Gasteiger partial charge in [0.1, 0.15) is 9.77 Å². The van der Waals surface area contributed by atoms with Crippen molar-refractivity contribution in [2.75, 3.05) is 25.5 Å². The van der Waals surface area contributed by atoms with Crippen LogP contribution in [0, 0.1) is 0 Å². The number of sulfonamides is 1. The number of carbonyl (C=O) groups is 1. The smallest absolute Gasteiger partial charge is 0.267 e. The maximum absolute atomic E-state index is 12.7. The lowest BCUT2D eigenvalue weighted by Crippen LogP contribution is -2.29. The Hall–Kier alpha value is -1.97. The Kier molecular flexibility index (Phi) is 4.83. The Morgan fingerprint density at radius 2 is 2.04 bits per heavy atom. The molecule has 1 fully saturated rings. The van der Waals surface area contributed by atoms with Crippen molar-refractivity contribution in [3.05, 3.63) is 34.7 Å². The molecule has 1 aliphatic rings. The first-order valence-corrected chi connectivity index (χ1v) is 9.73. The highest BCUT2D eigenvalue weighted by molar-refractivity contribution is 7.89. The molecular weight excluding hydrogens is 350 g/mol. The van der Waals surface area contributed by atoms with Gasteiger partial charge in [0, 0.05) is 19.2 Å². The van der Waals surface area contributed by atoms with Gasteiger partial charge in [-0.3, -0.25) is 4.79 Å². The molecule has 0 atom stereocenters. The van der Waals surface area contributed by atoms with E-state index in [-0.39, 0.29) is 9.77 Å². The molecule has 0 saturated carbocycles. The molecule has 0 aromatic carbocycles. The fourth-order valence-electron chi connectivity index (χ4n) is 2.50. The zero-order valence-electron chi connectivity index (χ0n) is 13.1. The van der Waals surface area contributed by atoms with Gasteiger partial charge in [0.05, 0.1) is 19.0 Å². The third-order valence-electron chi connectivity index (χ3n) is 3.72. The number of ether oxygens (including phenoxy) is 1. The highest BCUT2D eigenvalue weighted by Gasteiger charge is 2.31. The minimum absolute atomic E-state index is 0.0633. The minimum atomic E-state index is -3.63. The molecule has 0 spiro atoms. The average molecular weight is 367 g/mol. The van der Waals surface area contributed by atoms with Gasteiger partial charge >= 0.3 is 0 Å². The summed E-state index contributed by atoms with van der Waals surface area (Å²) >= 11 is 1.11. The standard InChI is InChI=1S/C15H17N3O4S2/c1-22-13-5-4-11(10-16-13)17-15(19)14-12(6-9-23-14)24(20,21)18-7-2-3-8-18/h4-6,9-10H,2-3,7-8H2,1H3,(H,17,19). The number of nitrogens with zero attached hydrogens (tertiary/aromatic N) is 2. The highest BCUT2D eigenvalue weighted by Crippen LogP contribution is 2.28. The summed E-state index contributed by atoms with van der Waals surface area (Å²) in [5.41, 5.74) is 0.471. The molecule has 0 unspecified atom stereocenters. The van der Waals surface area contributed by atoms with E-state index < -0.39 is 15.9 Å². The Bertz CT molecular complexity index is 825. The molecule has 0 radical (unpaired) electrons. The number of aromatic nitrogens is 1. The first kappa shape index (κ1) is 16.9. The van der Waals surface area contributed by atoms with Crippen LogP contribution in [-0.4, -0.2) is 43.8 Å². The Morgan fingerprint density at radius 1 is 1.29 bits per heavy atom. The van der Waals surface area contributed by atoms with Crippen LogP contribution >= 0.6 is 11.3 Å². The molecule has 24 heavy (non-hydrogen) atoms. The van der Waals surface area contributed by atoms with Crippen LogP contribution in [0.15, 0.2) is 34.7 Å². The molecule has 9 heteroatoms. The number of carbonyl (C=O) groups excluding carboxylic acids is 1. The van der Waals surface area contributed by atoms with E-state index in [1.807, 2.05) is 0 Å². The summed E-state index contributed by atoms with van der Waals surface area (Å²) in [5.74, 6) is -0.0313. The maximum atomic E-state index is 12.7. The van der Waals surface area contributed by atoms with Gasteiger partial charge in [-0.1, -0.05) is 0 Å². The second-order valence-corrected chi connectivity index (χ2v) is 8.09. The van der Waals surface area contributed by atoms with E-state index in [0.717, 1.165) is 24.2 Å². The minimum Gasteiger partial charge on any atom is -0.481 e. The largest absolute Gasteiger partial charge is 0.481 e. The summed E-state index contributed by atoms with van der Waals surface area (Å²) in [6, 6.07) is 4.75. The van der Waals surface area contributed by atoms with Gasteiger partial charge in [-0.2, -0.15) is 4.31 Å². The molecule has 1 N–H and O–H groups in total. The van der Waals surface area contributed by atoms with E-state index in [1.54, 1.807) is 17.5 Å². The normalized spacial score (nSPS) is 15.4. The summed E-state index contributed by atoms with van der Waals surface area (Å²) in [6.45, 7) is 1.00. The van der Waals surface area contributed by atoms with E-state index in [4.69, 9.17) is 4.74 Å². The number of anilines is 1. The molecule has 0 aliphatic carbocycles. The van der Waals surface area contributed by atoms with Crippen LogP contribution in [0.5, 0.6) is 5.88 Å². The van der Waals surface area contributed by atoms with E-state index in [9.17, 15) is 13.2 Å². The molecule has 1 aliphatic heterocycles. The highest BCUT2D eigenvalue weighted by atomic mass is 32.2. The lowest BCUT2D eigenvalue weighted by Gasteiger charge is -2.15. The van der Waals surface area contributed by atoms with Gasteiger partial charge in [-0.15, -0.1) is 11.3 Å². The fourth-order valence-corrected chi connectivity index (χ4v) is 5.31. The maximum Gasteiger partial charge on any atom is 0.267 e. The second-order valence-electron chi connectivity index (χ2n) is 5.27. The lowest BCUT2D eigenvalue weighted by molar-refractivity contribution is 0.102. The molecule has 128 valence electrons.